The molecule has 0 unspecified atom stereocenters. The second kappa shape index (κ2) is 2.30. The number of aromatic nitrogens is 2. The molecule has 0 aliphatic heterocycles. The van der Waals surface area contributed by atoms with Crippen molar-refractivity contribution in [1.29, 1.82) is 0 Å². The molecule has 1 heterocycles. The van der Waals surface area contributed by atoms with Crippen molar-refractivity contribution in [3.63, 3.8) is 0 Å². The van der Waals surface area contributed by atoms with E-state index in [0.29, 0.717) is 0 Å². The maximum Gasteiger partial charge on any atom is 0.328 e. The first kappa shape index (κ1) is 7.08. The standard InChI is InChI=1S/C5H5ClN2O2/c1-8-4(9)3(6)2-7-5(8)10/h2H,1H3,(H,7,10). The summed E-state index contributed by atoms with van der Waals surface area (Å²) in [5, 5.41) is 0.0158. The molecule has 1 rings (SSSR count). The van der Waals surface area contributed by atoms with Crippen molar-refractivity contribution in [2.75, 3.05) is 0 Å². The van der Waals surface area contributed by atoms with Crippen LogP contribution < -0.4 is 11.2 Å². The Kier molecular flexibility index (Phi) is 1.63. The van der Waals surface area contributed by atoms with Gasteiger partial charge in [0.05, 0.1) is 0 Å². The van der Waals surface area contributed by atoms with Crippen molar-refractivity contribution < 1.29 is 0 Å². The third-order valence-electron chi connectivity index (χ3n) is 1.14. The largest absolute Gasteiger partial charge is 0.328 e. The lowest BCUT2D eigenvalue weighted by atomic mass is 10.6. The maximum absolute atomic E-state index is 10.8. The van der Waals surface area contributed by atoms with Gasteiger partial charge in [-0.15, -0.1) is 0 Å². The summed E-state index contributed by atoms with van der Waals surface area (Å²) in [6, 6.07) is 0. The molecule has 0 saturated carbocycles. The maximum atomic E-state index is 10.8. The first-order valence-electron chi connectivity index (χ1n) is 2.57. The van der Waals surface area contributed by atoms with E-state index in [1.165, 1.54) is 13.2 Å². The second-order valence-corrected chi connectivity index (χ2v) is 2.21. The molecule has 0 saturated heterocycles. The van der Waals surface area contributed by atoms with Crippen LogP contribution in [0, 0.1) is 0 Å². The van der Waals surface area contributed by atoms with Gasteiger partial charge in [0.1, 0.15) is 5.02 Å². The first-order valence-corrected chi connectivity index (χ1v) is 2.95. The summed E-state index contributed by atoms with van der Waals surface area (Å²) in [5.74, 6) is 0. The average molecular weight is 161 g/mol. The number of H-pyrrole nitrogens is 1. The Bertz CT molecular complexity index is 351. The van der Waals surface area contributed by atoms with Gasteiger partial charge in [-0.2, -0.15) is 0 Å². The fourth-order valence-electron chi connectivity index (χ4n) is 0.536. The Morgan fingerprint density at radius 2 is 2.20 bits per heavy atom. The summed E-state index contributed by atoms with van der Waals surface area (Å²) in [7, 11) is 1.35. The topological polar surface area (TPSA) is 54.9 Å². The van der Waals surface area contributed by atoms with Gasteiger partial charge in [0, 0.05) is 13.2 Å². The molecule has 0 radical (unpaired) electrons. The third kappa shape index (κ3) is 0.974. The molecule has 0 fully saturated rings. The molecule has 54 valence electrons. The highest BCUT2D eigenvalue weighted by atomic mass is 35.5. The van der Waals surface area contributed by atoms with E-state index < -0.39 is 11.2 Å². The molecule has 0 aromatic carbocycles. The van der Waals surface area contributed by atoms with Crippen LogP contribution in [0.3, 0.4) is 0 Å². The molecule has 0 aliphatic rings. The van der Waals surface area contributed by atoms with E-state index in [1.807, 2.05) is 0 Å². The van der Waals surface area contributed by atoms with Gasteiger partial charge < -0.3 is 4.98 Å². The van der Waals surface area contributed by atoms with Crippen molar-refractivity contribution in [3.8, 4) is 0 Å². The highest BCUT2D eigenvalue weighted by molar-refractivity contribution is 6.30. The average Bonchev–Trinajstić information content (AvgIpc) is 1.93. The third-order valence-corrected chi connectivity index (χ3v) is 1.41. The molecule has 5 heteroatoms. The second-order valence-electron chi connectivity index (χ2n) is 1.81. The Morgan fingerprint density at radius 1 is 1.60 bits per heavy atom. The smallest absolute Gasteiger partial charge is 0.312 e. The highest BCUT2D eigenvalue weighted by Crippen LogP contribution is 1.91. The molecule has 1 aromatic rings. The number of halogens is 1. The van der Waals surface area contributed by atoms with E-state index in [4.69, 9.17) is 11.6 Å². The van der Waals surface area contributed by atoms with Crippen LogP contribution in [-0.2, 0) is 7.05 Å². The van der Waals surface area contributed by atoms with Gasteiger partial charge in [0.25, 0.3) is 5.56 Å². The van der Waals surface area contributed by atoms with E-state index in [2.05, 4.69) is 4.98 Å². The molecule has 0 aliphatic carbocycles. The minimum Gasteiger partial charge on any atom is -0.312 e. The Balaban J connectivity index is 3.66. The minimum absolute atomic E-state index is 0.0158. The molecular weight excluding hydrogens is 156 g/mol. The SMILES string of the molecule is Cn1c(=O)[nH]cc(Cl)c1=O. The summed E-state index contributed by atoms with van der Waals surface area (Å²) >= 11 is 5.38. The zero-order valence-electron chi connectivity index (χ0n) is 5.22. The van der Waals surface area contributed by atoms with Gasteiger partial charge in [0.2, 0.25) is 0 Å². The lowest BCUT2D eigenvalue weighted by Crippen LogP contribution is -2.31. The number of hydrogen-bond acceptors (Lipinski definition) is 2. The van der Waals surface area contributed by atoms with Crippen LogP contribution in [0.5, 0.6) is 0 Å². The normalized spacial score (nSPS) is 9.80. The van der Waals surface area contributed by atoms with Gasteiger partial charge in [-0.1, -0.05) is 11.6 Å². The van der Waals surface area contributed by atoms with Crippen LogP contribution in [0.4, 0.5) is 0 Å². The summed E-state index contributed by atoms with van der Waals surface area (Å²) < 4.78 is 0.905. The molecule has 4 nitrogen and oxygen atoms in total. The Labute approximate surface area is 61.1 Å². The Hall–Kier alpha value is -1.03. The molecule has 0 bridgehead atoms. The van der Waals surface area contributed by atoms with Gasteiger partial charge in [0.15, 0.2) is 0 Å². The monoisotopic (exact) mass is 160 g/mol. The van der Waals surface area contributed by atoms with Crippen molar-refractivity contribution in [2.45, 2.75) is 0 Å². The highest BCUT2D eigenvalue weighted by Gasteiger charge is 1.98. The minimum atomic E-state index is -0.481. The lowest BCUT2D eigenvalue weighted by Gasteiger charge is -1.92. The van der Waals surface area contributed by atoms with Crippen LogP contribution in [0.15, 0.2) is 15.8 Å². The summed E-state index contributed by atoms with van der Waals surface area (Å²) in [6.07, 6.45) is 1.17. The van der Waals surface area contributed by atoms with Crippen molar-refractivity contribution in [1.82, 2.24) is 9.55 Å². The quantitative estimate of drug-likeness (QED) is 0.568. The molecule has 1 N–H and O–H groups in total. The van der Waals surface area contributed by atoms with E-state index in [-0.39, 0.29) is 5.02 Å². The molecular formula is C5H5ClN2O2. The van der Waals surface area contributed by atoms with Crippen LogP contribution in [0.2, 0.25) is 5.02 Å². The molecule has 1 aromatic heterocycles. The first-order chi connectivity index (χ1) is 4.63. The Morgan fingerprint density at radius 3 is 2.70 bits per heavy atom. The summed E-state index contributed by atoms with van der Waals surface area (Å²) in [4.78, 5) is 23.7. The lowest BCUT2D eigenvalue weighted by molar-refractivity contribution is 0.776. The zero-order chi connectivity index (χ0) is 7.72. The fraction of sp³-hybridized carbons (Fsp3) is 0.200. The number of nitrogens with zero attached hydrogens (tertiary/aromatic N) is 1. The van der Waals surface area contributed by atoms with E-state index in [1.54, 1.807) is 0 Å². The van der Waals surface area contributed by atoms with Crippen molar-refractivity contribution in [2.24, 2.45) is 7.05 Å². The van der Waals surface area contributed by atoms with Gasteiger partial charge in [-0.25, -0.2) is 4.79 Å². The predicted octanol–water partition coefficient (Wildman–Crippen LogP) is -0.273. The molecule has 0 atom stereocenters. The van der Waals surface area contributed by atoms with Gasteiger partial charge in [-0.3, -0.25) is 9.36 Å². The van der Waals surface area contributed by atoms with Crippen LogP contribution in [0.1, 0.15) is 0 Å². The predicted molar refractivity (Wildman–Crippen MR) is 37.3 cm³/mol. The van der Waals surface area contributed by atoms with E-state index in [0.717, 1.165) is 4.57 Å². The van der Waals surface area contributed by atoms with E-state index >= 15 is 0 Å². The fourth-order valence-corrected chi connectivity index (χ4v) is 0.717. The molecule has 0 spiro atoms. The van der Waals surface area contributed by atoms with Gasteiger partial charge in [-0.05, 0) is 0 Å². The molecule has 10 heavy (non-hydrogen) atoms. The molecule has 0 amide bonds. The van der Waals surface area contributed by atoms with Crippen molar-refractivity contribution in [3.05, 3.63) is 32.1 Å². The number of nitrogens with one attached hydrogen (secondary N) is 1. The van der Waals surface area contributed by atoms with Crippen LogP contribution in [-0.4, -0.2) is 9.55 Å². The summed E-state index contributed by atoms with van der Waals surface area (Å²) in [6.45, 7) is 0. The van der Waals surface area contributed by atoms with Crippen LogP contribution in [0.25, 0.3) is 0 Å². The number of rotatable bonds is 0. The van der Waals surface area contributed by atoms with E-state index in [9.17, 15) is 9.59 Å². The zero-order valence-corrected chi connectivity index (χ0v) is 5.97. The number of hydrogen-bond donors (Lipinski definition) is 1. The van der Waals surface area contributed by atoms with Gasteiger partial charge >= 0.3 is 5.69 Å². The van der Waals surface area contributed by atoms with Crippen LogP contribution >= 0.6 is 11.6 Å². The summed E-state index contributed by atoms with van der Waals surface area (Å²) in [5.41, 5.74) is -0.945. The van der Waals surface area contributed by atoms with Crippen molar-refractivity contribution >= 4 is 11.6 Å². The number of aromatic amines is 1.